The average molecular weight is 482 g/mol. The number of likely N-dealkylation sites (tertiary alicyclic amines) is 1. The molecule has 1 N–H and O–H groups in total. The SMILES string of the molecule is CN1CCC(Oc2ccc(-c3ccc(NC(=O)c4cn(CCc5ccccc5)nn4)cc3)cc2)CC1. The minimum Gasteiger partial charge on any atom is -0.490 e. The zero-order valence-electron chi connectivity index (χ0n) is 20.5. The van der Waals surface area contributed by atoms with Gasteiger partial charge in [-0.1, -0.05) is 59.8 Å². The van der Waals surface area contributed by atoms with E-state index in [4.69, 9.17) is 4.74 Å². The molecule has 36 heavy (non-hydrogen) atoms. The highest BCUT2D eigenvalue weighted by molar-refractivity contribution is 6.02. The Kier molecular flexibility index (Phi) is 7.38. The number of nitrogens with one attached hydrogen (secondary N) is 1. The Hall–Kier alpha value is -3.97. The first-order valence-corrected chi connectivity index (χ1v) is 12.4. The van der Waals surface area contributed by atoms with Crippen molar-refractivity contribution < 1.29 is 9.53 Å². The van der Waals surface area contributed by atoms with Crippen molar-refractivity contribution >= 4 is 11.6 Å². The zero-order chi connectivity index (χ0) is 24.7. The minimum atomic E-state index is -0.274. The number of ether oxygens (including phenoxy) is 1. The van der Waals surface area contributed by atoms with Crippen molar-refractivity contribution in [2.75, 3.05) is 25.5 Å². The van der Waals surface area contributed by atoms with E-state index in [-0.39, 0.29) is 5.91 Å². The molecule has 1 aromatic heterocycles. The molecule has 0 aliphatic carbocycles. The van der Waals surface area contributed by atoms with Gasteiger partial charge in [0.2, 0.25) is 0 Å². The first kappa shape index (κ1) is 23.8. The quantitative estimate of drug-likeness (QED) is 0.387. The average Bonchev–Trinajstić information content (AvgIpc) is 3.40. The molecule has 1 aliphatic rings. The van der Waals surface area contributed by atoms with Gasteiger partial charge in [-0.25, -0.2) is 0 Å². The van der Waals surface area contributed by atoms with Crippen LogP contribution in [0.4, 0.5) is 5.69 Å². The standard InChI is InChI=1S/C29H31N5O2/c1-33-18-16-27(17-19-33)36-26-13-9-24(10-14-26)23-7-11-25(12-8-23)30-29(35)28-21-34(32-31-28)20-15-22-5-3-2-4-6-22/h2-14,21,27H,15-20H2,1H3,(H,30,35). The van der Waals surface area contributed by atoms with Crippen molar-refractivity contribution in [1.29, 1.82) is 0 Å². The largest absolute Gasteiger partial charge is 0.490 e. The Labute approximate surface area is 211 Å². The summed E-state index contributed by atoms with van der Waals surface area (Å²) in [5.41, 5.74) is 4.41. The Bertz CT molecular complexity index is 1260. The fraction of sp³-hybridized carbons (Fsp3) is 0.276. The number of anilines is 1. The Balaban J connectivity index is 1.14. The third kappa shape index (κ3) is 6.17. The van der Waals surface area contributed by atoms with Gasteiger partial charge < -0.3 is 15.0 Å². The summed E-state index contributed by atoms with van der Waals surface area (Å²) >= 11 is 0. The monoisotopic (exact) mass is 481 g/mol. The number of piperidine rings is 1. The van der Waals surface area contributed by atoms with Crippen molar-refractivity contribution in [3.05, 3.63) is 96.3 Å². The smallest absolute Gasteiger partial charge is 0.277 e. The number of hydrogen-bond donors (Lipinski definition) is 1. The maximum Gasteiger partial charge on any atom is 0.277 e. The summed E-state index contributed by atoms with van der Waals surface area (Å²) < 4.78 is 7.85. The fourth-order valence-corrected chi connectivity index (χ4v) is 4.36. The summed E-state index contributed by atoms with van der Waals surface area (Å²) in [6.07, 6.45) is 4.94. The third-order valence-electron chi connectivity index (χ3n) is 6.54. The summed E-state index contributed by atoms with van der Waals surface area (Å²) in [7, 11) is 2.15. The highest BCUT2D eigenvalue weighted by atomic mass is 16.5. The van der Waals surface area contributed by atoms with Gasteiger partial charge in [0.25, 0.3) is 5.91 Å². The topological polar surface area (TPSA) is 72.3 Å². The lowest BCUT2D eigenvalue weighted by molar-refractivity contribution is 0.102. The highest BCUT2D eigenvalue weighted by Crippen LogP contribution is 2.25. The molecule has 0 saturated carbocycles. The molecular weight excluding hydrogens is 450 g/mol. The second-order valence-corrected chi connectivity index (χ2v) is 9.28. The van der Waals surface area contributed by atoms with E-state index in [1.807, 2.05) is 54.6 Å². The fourth-order valence-electron chi connectivity index (χ4n) is 4.36. The molecule has 5 rings (SSSR count). The van der Waals surface area contributed by atoms with Crippen molar-refractivity contribution in [2.24, 2.45) is 0 Å². The maximum atomic E-state index is 12.6. The molecule has 0 spiro atoms. The van der Waals surface area contributed by atoms with Crippen LogP contribution in [0.25, 0.3) is 11.1 Å². The molecule has 0 atom stereocenters. The molecule has 7 heteroatoms. The molecule has 1 aliphatic heterocycles. The minimum absolute atomic E-state index is 0.274. The second-order valence-electron chi connectivity index (χ2n) is 9.28. The number of aryl methyl sites for hydroxylation is 2. The van der Waals surface area contributed by atoms with E-state index < -0.39 is 0 Å². The number of nitrogens with zero attached hydrogens (tertiary/aromatic N) is 4. The van der Waals surface area contributed by atoms with Crippen molar-refractivity contribution in [3.8, 4) is 16.9 Å². The molecule has 0 unspecified atom stereocenters. The summed E-state index contributed by atoms with van der Waals surface area (Å²) in [5, 5.41) is 11.0. The Morgan fingerprint density at radius 1 is 0.944 bits per heavy atom. The molecule has 0 bridgehead atoms. The lowest BCUT2D eigenvalue weighted by Crippen LogP contribution is -2.35. The van der Waals surface area contributed by atoms with Gasteiger partial charge in [-0.15, -0.1) is 5.10 Å². The third-order valence-corrected chi connectivity index (χ3v) is 6.54. The molecule has 4 aromatic rings. The maximum absolute atomic E-state index is 12.6. The van der Waals surface area contributed by atoms with Crippen LogP contribution in [0.2, 0.25) is 0 Å². The summed E-state index contributed by atoms with van der Waals surface area (Å²) in [6.45, 7) is 2.83. The molecule has 1 amide bonds. The van der Waals surface area contributed by atoms with Crippen LogP contribution in [0.1, 0.15) is 28.9 Å². The van der Waals surface area contributed by atoms with Gasteiger partial charge in [0.1, 0.15) is 11.9 Å². The van der Waals surface area contributed by atoms with Gasteiger partial charge >= 0.3 is 0 Å². The van der Waals surface area contributed by atoms with Gasteiger partial charge in [0, 0.05) is 25.3 Å². The van der Waals surface area contributed by atoms with Gasteiger partial charge in [-0.05, 0) is 67.3 Å². The first-order valence-electron chi connectivity index (χ1n) is 12.4. The number of benzene rings is 3. The van der Waals surface area contributed by atoms with Crippen LogP contribution in [0.3, 0.4) is 0 Å². The van der Waals surface area contributed by atoms with Crippen LogP contribution in [-0.2, 0) is 13.0 Å². The van der Waals surface area contributed by atoms with E-state index in [0.717, 1.165) is 49.2 Å². The summed E-state index contributed by atoms with van der Waals surface area (Å²) in [5.74, 6) is 0.637. The number of carbonyl (C=O) groups is 1. The predicted molar refractivity (Wildman–Crippen MR) is 141 cm³/mol. The number of carbonyl (C=O) groups excluding carboxylic acids is 1. The molecule has 2 heterocycles. The van der Waals surface area contributed by atoms with Crippen molar-refractivity contribution in [2.45, 2.75) is 31.9 Å². The van der Waals surface area contributed by atoms with Crippen LogP contribution in [-0.4, -0.2) is 52.0 Å². The molecular formula is C29H31N5O2. The molecule has 1 fully saturated rings. The lowest BCUT2D eigenvalue weighted by atomic mass is 10.0. The van der Waals surface area contributed by atoms with Gasteiger partial charge in [-0.3, -0.25) is 9.48 Å². The Morgan fingerprint density at radius 2 is 1.61 bits per heavy atom. The van der Waals surface area contributed by atoms with E-state index in [2.05, 4.69) is 51.8 Å². The van der Waals surface area contributed by atoms with Crippen LogP contribution >= 0.6 is 0 Å². The molecule has 1 saturated heterocycles. The van der Waals surface area contributed by atoms with Crippen LogP contribution in [0.15, 0.2) is 85.1 Å². The predicted octanol–water partition coefficient (Wildman–Crippen LogP) is 4.91. The van der Waals surface area contributed by atoms with Crippen LogP contribution in [0.5, 0.6) is 5.75 Å². The van der Waals surface area contributed by atoms with E-state index in [9.17, 15) is 4.79 Å². The van der Waals surface area contributed by atoms with Crippen LogP contribution in [0, 0.1) is 0 Å². The van der Waals surface area contributed by atoms with E-state index in [1.54, 1.807) is 10.9 Å². The second kappa shape index (κ2) is 11.2. The zero-order valence-corrected chi connectivity index (χ0v) is 20.5. The first-order chi connectivity index (χ1) is 17.6. The van der Waals surface area contributed by atoms with Crippen molar-refractivity contribution in [1.82, 2.24) is 19.9 Å². The number of rotatable bonds is 8. The van der Waals surface area contributed by atoms with Gasteiger partial charge in [0.15, 0.2) is 5.69 Å². The highest BCUT2D eigenvalue weighted by Gasteiger charge is 2.18. The van der Waals surface area contributed by atoms with Gasteiger partial charge in [-0.2, -0.15) is 0 Å². The number of amides is 1. The van der Waals surface area contributed by atoms with E-state index in [1.165, 1.54) is 5.56 Å². The lowest BCUT2D eigenvalue weighted by Gasteiger charge is -2.29. The molecule has 184 valence electrons. The summed E-state index contributed by atoms with van der Waals surface area (Å²) in [6, 6.07) is 26.2. The number of aromatic nitrogens is 3. The normalized spacial score (nSPS) is 14.5. The van der Waals surface area contributed by atoms with Crippen molar-refractivity contribution in [3.63, 3.8) is 0 Å². The van der Waals surface area contributed by atoms with E-state index in [0.29, 0.717) is 24.0 Å². The molecule has 3 aromatic carbocycles. The summed E-state index contributed by atoms with van der Waals surface area (Å²) in [4.78, 5) is 15.0. The molecule has 7 nitrogen and oxygen atoms in total. The Morgan fingerprint density at radius 3 is 2.31 bits per heavy atom. The van der Waals surface area contributed by atoms with E-state index >= 15 is 0 Å². The van der Waals surface area contributed by atoms with Crippen LogP contribution < -0.4 is 10.1 Å². The van der Waals surface area contributed by atoms with Gasteiger partial charge in [0.05, 0.1) is 6.20 Å². The molecule has 0 radical (unpaired) electrons. The number of hydrogen-bond acceptors (Lipinski definition) is 5.